The molecule has 1 aliphatic rings. The number of anilines is 1. The van der Waals surface area contributed by atoms with Crippen molar-refractivity contribution in [1.29, 1.82) is 0 Å². The molecule has 1 N–H and O–H groups in total. The second-order valence-electron chi connectivity index (χ2n) is 7.11. The number of hydrogen-bond acceptors (Lipinski definition) is 7. The largest absolute Gasteiger partial charge is 0.497 e. The zero-order valence-corrected chi connectivity index (χ0v) is 17.3. The zero-order chi connectivity index (χ0) is 21.9. The molecule has 3 heterocycles. The van der Waals surface area contributed by atoms with E-state index in [0.717, 1.165) is 16.9 Å². The van der Waals surface area contributed by atoms with Crippen molar-refractivity contribution >= 4 is 11.7 Å². The van der Waals surface area contributed by atoms with Crippen molar-refractivity contribution in [2.24, 2.45) is 0 Å². The molecule has 32 heavy (non-hydrogen) atoms. The molecule has 0 spiro atoms. The third kappa shape index (κ3) is 4.00. The topological polar surface area (TPSA) is 101 Å². The minimum absolute atomic E-state index is 0.159. The Bertz CT molecular complexity index is 1250. The molecule has 4 aromatic rings. The molecule has 0 unspecified atom stereocenters. The van der Waals surface area contributed by atoms with Gasteiger partial charge in [0.1, 0.15) is 24.8 Å². The van der Waals surface area contributed by atoms with Crippen LogP contribution in [0, 0.1) is 0 Å². The van der Waals surface area contributed by atoms with Crippen molar-refractivity contribution in [2.75, 3.05) is 25.6 Å². The highest BCUT2D eigenvalue weighted by Gasteiger charge is 2.18. The number of nitrogens with zero attached hydrogens (tertiary/aromatic N) is 3. The standard InChI is InChI=1S/C23H20N4O5/c1-29-17-5-2-15(3-6-17)14-27-22(8-9-24-27)25-23(28)18-13-20(32-26-18)16-4-7-19-21(12-16)31-11-10-30-19/h2-9,12-13H,10-11,14H2,1H3,(H,25,28). The molecular formula is C23H20N4O5. The van der Waals surface area contributed by atoms with Crippen molar-refractivity contribution in [3.8, 4) is 28.6 Å². The molecule has 9 nitrogen and oxygen atoms in total. The number of hydrogen-bond donors (Lipinski definition) is 1. The number of amides is 1. The third-order valence-electron chi connectivity index (χ3n) is 5.02. The molecule has 0 aliphatic carbocycles. The smallest absolute Gasteiger partial charge is 0.279 e. The summed E-state index contributed by atoms with van der Waals surface area (Å²) in [6.45, 7) is 1.51. The summed E-state index contributed by atoms with van der Waals surface area (Å²) >= 11 is 0. The van der Waals surface area contributed by atoms with Crippen LogP contribution in [0.3, 0.4) is 0 Å². The molecule has 0 saturated heterocycles. The van der Waals surface area contributed by atoms with E-state index in [4.69, 9.17) is 18.7 Å². The van der Waals surface area contributed by atoms with Gasteiger partial charge >= 0.3 is 0 Å². The Hall–Kier alpha value is -4.27. The van der Waals surface area contributed by atoms with Crippen LogP contribution in [0.1, 0.15) is 16.1 Å². The molecule has 2 aromatic carbocycles. The second kappa shape index (κ2) is 8.46. The van der Waals surface area contributed by atoms with Crippen molar-refractivity contribution in [1.82, 2.24) is 14.9 Å². The van der Waals surface area contributed by atoms with Crippen LogP contribution in [0.15, 0.2) is 65.3 Å². The average Bonchev–Trinajstić information content (AvgIpc) is 3.49. The van der Waals surface area contributed by atoms with E-state index in [1.165, 1.54) is 0 Å². The van der Waals surface area contributed by atoms with Gasteiger partial charge in [-0.2, -0.15) is 5.10 Å². The predicted octanol–water partition coefficient (Wildman–Crippen LogP) is 3.62. The summed E-state index contributed by atoms with van der Waals surface area (Å²) in [5, 5.41) is 11.0. The molecule has 1 amide bonds. The van der Waals surface area contributed by atoms with Gasteiger partial charge in [0.15, 0.2) is 23.0 Å². The van der Waals surface area contributed by atoms with Gasteiger partial charge in [0.25, 0.3) is 5.91 Å². The number of nitrogens with one attached hydrogen (secondary N) is 1. The molecule has 0 atom stereocenters. The Balaban J connectivity index is 1.29. The first-order valence-corrected chi connectivity index (χ1v) is 10.0. The fourth-order valence-corrected chi connectivity index (χ4v) is 3.36. The number of methoxy groups -OCH3 is 1. The Kier molecular flexibility index (Phi) is 5.20. The summed E-state index contributed by atoms with van der Waals surface area (Å²) in [7, 11) is 1.62. The molecule has 5 rings (SSSR count). The molecule has 9 heteroatoms. The van der Waals surface area contributed by atoms with E-state index in [-0.39, 0.29) is 5.69 Å². The Morgan fingerprint density at radius 2 is 1.88 bits per heavy atom. The Morgan fingerprint density at radius 1 is 1.06 bits per heavy atom. The van der Waals surface area contributed by atoms with E-state index in [1.807, 2.05) is 36.4 Å². The van der Waals surface area contributed by atoms with Gasteiger partial charge in [-0.15, -0.1) is 0 Å². The highest BCUT2D eigenvalue weighted by Crippen LogP contribution is 2.34. The summed E-state index contributed by atoms with van der Waals surface area (Å²) < 4.78 is 23.4. The van der Waals surface area contributed by atoms with Gasteiger partial charge in [-0.05, 0) is 35.9 Å². The minimum atomic E-state index is -0.394. The van der Waals surface area contributed by atoms with Gasteiger partial charge in [0.05, 0.1) is 19.9 Å². The average molecular weight is 432 g/mol. The predicted molar refractivity (Wildman–Crippen MR) is 115 cm³/mol. The van der Waals surface area contributed by atoms with Gasteiger partial charge in [-0.1, -0.05) is 17.3 Å². The lowest BCUT2D eigenvalue weighted by molar-refractivity contribution is 0.101. The molecular weight excluding hydrogens is 412 g/mol. The molecule has 0 fully saturated rings. The number of benzene rings is 2. The van der Waals surface area contributed by atoms with Crippen molar-refractivity contribution in [3.05, 3.63) is 72.1 Å². The van der Waals surface area contributed by atoms with Crippen molar-refractivity contribution in [2.45, 2.75) is 6.54 Å². The quantitative estimate of drug-likeness (QED) is 0.497. The van der Waals surface area contributed by atoms with E-state index in [2.05, 4.69) is 15.6 Å². The van der Waals surface area contributed by atoms with E-state index >= 15 is 0 Å². The van der Waals surface area contributed by atoms with Gasteiger partial charge in [0.2, 0.25) is 0 Å². The van der Waals surface area contributed by atoms with Gasteiger partial charge in [0, 0.05) is 17.7 Å². The SMILES string of the molecule is COc1ccc(Cn2nccc2NC(=O)c2cc(-c3ccc4c(c3)OCCO4)on2)cc1. The van der Waals surface area contributed by atoms with Crippen LogP contribution in [0.25, 0.3) is 11.3 Å². The van der Waals surface area contributed by atoms with Crippen LogP contribution in [0.2, 0.25) is 0 Å². The van der Waals surface area contributed by atoms with Crippen molar-refractivity contribution < 1.29 is 23.5 Å². The second-order valence-corrected chi connectivity index (χ2v) is 7.11. The fourth-order valence-electron chi connectivity index (χ4n) is 3.36. The van der Waals surface area contributed by atoms with Crippen LogP contribution in [-0.2, 0) is 6.54 Å². The highest BCUT2D eigenvalue weighted by molar-refractivity contribution is 6.02. The lowest BCUT2D eigenvalue weighted by atomic mass is 10.1. The number of carbonyl (C=O) groups is 1. The number of carbonyl (C=O) groups excluding carboxylic acids is 1. The number of ether oxygens (including phenoxy) is 3. The van der Waals surface area contributed by atoms with E-state index in [9.17, 15) is 4.79 Å². The van der Waals surface area contributed by atoms with Crippen LogP contribution >= 0.6 is 0 Å². The summed E-state index contributed by atoms with van der Waals surface area (Å²) in [6.07, 6.45) is 1.63. The maximum absolute atomic E-state index is 12.7. The minimum Gasteiger partial charge on any atom is -0.497 e. The molecule has 2 aromatic heterocycles. The molecule has 0 saturated carbocycles. The first-order valence-electron chi connectivity index (χ1n) is 10.0. The molecule has 0 radical (unpaired) electrons. The normalized spacial score (nSPS) is 12.4. The highest BCUT2D eigenvalue weighted by atomic mass is 16.6. The summed E-state index contributed by atoms with van der Waals surface area (Å²) in [5.41, 5.74) is 1.92. The summed E-state index contributed by atoms with van der Waals surface area (Å²) in [6, 6.07) is 16.4. The molecule has 162 valence electrons. The summed E-state index contributed by atoms with van der Waals surface area (Å²) in [5.74, 6) is 2.71. The van der Waals surface area contributed by atoms with E-state index in [1.54, 1.807) is 36.2 Å². The fraction of sp³-hybridized carbons (Fsp3) is 0.174. The van der Waals surface area contributed by atoms with Gasteiger partial charge < -0.3 is 24.1 Å². The van der Waals surface area contributed by atoms with Crippen LogP contribution in [-0.4, -0.2) is 41.2 Å². The molecule has 0 bridgehead atoms. The van der Waals surface area contributed by atoms with Crippen LogP contribution in [0.4, 0.5) is 5.82 Å². The Labute approximate surface area is 183 Å². The number of rotatable bonds is 6. The van der Waals surface area contributed by atoms with Gasteiger partial charge in [-0.25, -0.2) is 4.68 Å². The zero-order valence-electron chi connectivity index (χ0n) is 17.3. The first-order chi connectivity index (χ1) is 15.7. The summed E-state index contributed by atoms with van der Waals surface area (Å²) in [4.78, 5) is 12.7. The lowest BCUT2D eigenvalue weighted by Crippen LogP contribution is -2.16. The molecule has 1 aliphatic heterocycles. The number of fused-ring (bicyclic) bond motifs is 1. The number of aromatic nitrogens is 3. The van der Waals surface area contributed by atoms with E-state index in [0.29, 0.717) is 42.8 Å². The third-order valence-corrected chi connectivity index (χ3v) is 5.02. The lowest BCUT2D eigenvalue weighted by Gasteiger charge is -2.18. The maximum atomic E-state index is 12.7. The van der Waals surface area contributed by atoms with Gasteiger partial charge in [-0.3, -0.25) is 4.79 Å². The maximum Gasteiger partial charge on any atom is 0.279 e. The van der Waals surface area contributed by atoms with Crippen LogP contribution in [0.5, 0.6) is 17.2 Å². The van der Waals surface area contributed by atoms with E-state index < -0.39 is 5.91 Å². The van der Waals surface area contributed by atoms with Crippen molar-refractivity contribution in [3.63, 3.8) is 0 Å². The first kappa shape index (κ1) is 19.7. The monoisotopic (exact) mass is 432 g/mol. The van der Waals surface area contributed by atoms with Crippen LogP contribution < -0.4 is 19.5 Å². The Morgan fingerprint density at radius 3 is 2.69 bits per heavy atom.